The molecule has 2 heterocycles. The fourth-order valence-electron chi connectivity index (χ4n) is 3.76. The normalized spacial score (nSPS) is 27.2. The number of hydrogen-bond donors (Lipinski definition) is 3. The van der Waals surface area contributed by atoms with Gasteiger partial charge in [0.05, 0.1) is 12.6 Å². The van der Waals surface area contributed by atoms with Crippen LogP contribution in [-0.2, 0) is 4.79 Å². The smallest absolute Gasteiger partial charge is 0.270 e. The van der Waals surface area contributed by atoms with Gasteiger partial charge in [0.1, 0.15) is 11.9 Å². The lowest BCUT2D eigenvalue weighted by Gasteiger charge is -2.33. The number of aromatic nitrogens is 1. The number of aromatic hydroxyl groups is 1. The molecule has 1 saturated heterocycles. The molecule has 0 radical (unpaired) electrons. The Morgan fingerprint density at radius 1 is 1.27 bits per heavy atom. The number of rotatable bonds is 4. The van der Waals surface area contributed by atoms with Crippen LogP contribution in [0, 0.1) is 5.92 Å². The predicted molar refractivity (Wildman–Crippen MR) is 93.2 cm³/mol. The second kappa shape index (κ2) is 7.99. The van der Waals surface area contributed by atoms with Crippen molar-refractivity contribution in [3.05, 3.63) is 23.9 Å². The van der Waals surface area contributed by atoms with Crippen molar-refractivity contribution >= 4 is 11.8 Å². The molecule has 1 saturated carbocycles. The van der Waals surface area contributed by atoms with Crippen LogP contribution in [0.15, 0.2) is 18.2 Å². The highest BCUT2D eigenvalue weighted by molar-refractivity contribution is 5.92. The van der Waals surface area contributed by atoms with Crippen molar-refractivity contribution in [2.75, 3.05) is 13.1 Å². The van der Waals surface area contributed by atoms with Crippen molar-refractivity contribution in [1.29, 1.82) is 0 Å². The Hall–Kier alpha value is -2.22. The topological polar surface area (TPSA) is 109 Å². The number of pyridine rings is 1. The Balaban J connectivity index is 1.48. The van der Waals surface area contributed by atoms with Crippen LogP contribution in [0.2, 0.25) is 0 Å². The fraction of sp³-hybridized carbons (Fsp3) is 0.611. The van der Waals surface area contributed by atoms with E-state index >= 15 is 0 Å². The SMILES string of the molecule is N[C@H](C(=O)N1CC[C@@H](F)C1)[C@H]1CC[C@H](NC(=O)c2cccc(O)n2)CC1. The highest BCUT2D eigenvalue weighted by Crippen LogP contribution is 2.28. The van der Waals surface area contributed by atoms with Crippen LogP contribution in [-0.4, -0.2) is 58.1 Å². The Labute approximate surface area is 151 Å². The van der Waals surface area contributed by atoms with Gasteiger partial charge in [-0.15, -0.1) is 0 Å². The van der Waals surface area contributed by atoms with Gasteiger partial charge >= 0.3 is 0 Å². The van der Waals surface area contributed by atoms with E-state index in [1.165, 1.54) is 11.0 Å². The summed E-state index contributed by atoms with van der Waals surface area (Å²) in [6.07, 6.45) is 2.36. The molecule has 142 valence electrons. The lowest BCUT2D eigenvalue weighted by atomic mass is 9.81. The minimum Gasteiger partial charge on any atom is -0.493 e. The van der Waals surface area contributed by atoms with Gasteiger partial charge in [0.2, 0.25) is 11.8 Å². The molecule has 1 aromatic rings. The number of alkyl halides is 1. The highest BCUT2D eigenvalue weighted by atomic mass is 19.1. The summed E-state index contributed by atoms with van der Waals surface area (Å²) in [5.74, 6) is -0.631. The molecule has 1 aromatic heterocycles. The molecule has 2 fully saturated rings. The van der Waals surface area contributed by atoms with Crippen LogP contribution in [0.1, 0.15) is 42.6 Å². The maximum Gasteiger partial charge on any atom is 0.270 e. The first-order valence-electron chi connectivity index (χ1n) is 9.09. The summed E-state index contributed by atoms with van der Waals surface area (Å²) in [5.41, 5.74) is 6.31. The van der Waals surface area contributed by atoms with E-state index in [0.717, 1.165) is 25.7 Å². The zero-order valence-electron chi connectivity index (χ0n) is 14.6. The van der Waals surface area contributed by atoms with Crippen molar-refractivity contribution in [2.24, 2.45) is 11.7 Å². The lowest BCUT2D eigenvalue weighted by molar-refractivity contribution is -0.133. The van der Waals surface area contributed by atoms with E-state index in [4.69, 9.17) is 5.73 Å². The number of nitrogens with zero attached hydrogens (tertiary/aromatic N) is 2. The number of nitrogens with two attached hydrogens (primary N) is 1. The summed E-state index contributed by atoms with van der Waals surface area (Å²) in [4.78, 5) is 29.9. The largest absolute Gasteiger partial charge is 0.493 e. The standard InChI is InChI=1S/C18H25FN4O3/c19-12-8-9-23(10-12)18(26)16(20)11-4-6-13(7-5-11)21-17(25)14-2-1-3-15(24)22-14/h1-3,11-13,16H,4-10,20H2,(H,21,25)(H,22,24)/t11-,12-,13-,16+/m1/s1. The molecule has 7 nitrogen and oxygen atoms in total. The molecule has 3 rings (SSSR count). The Kier molecular flexibility index (Phi) is 5.70. The molecule has 2 amide bonds. The van der Waals surface area contributed by atoms with Gasteiger partial charge in [-0.25, -0.2) is 9.37 Å². The second-order valence-corrected chi connectivity index (χ2v) is 7.16. The summed E-state index contributed by atoms with van der Waals surface area (Å²) in [6.45, 7) is 0.588. The van der Waals surface area contributed by atoms with Crippen molar-refractivity contribution in [3.8, 4) is 5.88 Å². The van der Waals surface area contributed by atoms with Gasteiger partial charge < -0.3 is 21.1 Å². The average Bonchev–Trinajstić information content (AvgIpc) is 3.07. The van der Waals surface area contributed by atoms with Crippen LogP contribution in [0.25, 0.3) is 0 Å². The molecular formula is C18H25FN4O3. The summed E-state index contributed by atoms with van der Waals surface area (Å²) < 4.78 is 13.3. The number of nitrogens with one attached hydrogen (secondary N) is 1. The number of hydrogen-bond acceptors (Lipinski definition) is 5. The third-order valence-corrected chi connectivity index (χ3v) is 5.31. The Morgan fingerprint density at radius 2 is 2.00 bits per heavy atom. The first kappa shape index (κ1) is 18.6. The van der Waals surface area contributed by atoms with Gasteiger partial charge in [0, 0.05) is 18.7 Å². The van der Waals surface area contributed by atoms with Crippen LogP contribution < -0.4 is 11.1 Å². The molecule has 0 spiro atoms. The predicted octanol–water partition coefficient (Wildman–Crippen LogP) is 0.973. The summed E-state index contributed by atoms with van der Waals surface area (Å²) >= 11 is 0. The quantitative estimate of drug-likeness (QED) is 0.738. The van der Waals surface area contributed by atoms with Crippen molar-refractivity contribution in [3.63, 3.8) is 0 Å². The van der Waals surface area contributed by atoms with E-state index < -0.39 is 12.2 Å². The minimum absolute atomic E-state index is 0.00721. The summed E-state index contributed by atoms with van der Waals surface area (Å²) in [7, 11) is 0. The first-order valence-corrected chi connectivity index (χ1v) is 9.09. The number of likely N-dealkylation sites (tertiary alicyclic amines) is 1. The minimum atomic E-state index is -0.942. The Morgan fingerprint density at radius 3 is 2.62 bits per heavy atom. The van der Waals surface area contributed by atoms with Gasteiger partial charge in [0.15, 0.2) is 0 Å². The number of halogens is 1. The van der Waals surface area contributed by atoms with Gasteiger partial charge in [-0.1, -0.05) is 6.07 Å². The molecule has 2 atom stereocenters. The third-order valence-electron chi connectivity index (χ3n) is 5.31. The zero-order chi connectivity index (χ0) is 18.7. The number of amides is 2. The van der Waals surface area contributed by atoms with Crippen LogP contribution in [0.4, 0.5) is 4.39 Å². The number of carbonyl (C=O) groups excluding carboxylic acids is 2. The molecule has 8 heteroatoms. The average molecular weight is 364 g/mol. The summed E-state index contributed by atoms with van der Waals surface area (Å²) in [5, 5.41) is 12.3. The van der Waals surface area contributed by atoms with Crippen molar-refractivity contribution in [2.45, 2.75) is 50.4 Å². The van der Waals surface area contributed by atoms with E-state index in [1.807, 2.05) is 0 Å². The summed E-state index contributed by atoms with van der Waals surface area (Å²) in [6, 6.07) is 3.91. The van der Waals surface area contributed by atoms with E-state index in [-0.39, 0.29) is 41.9 Å². The molecule has 0 unspecified atom stereocenters. The molecule has 1 aliphatic carbocycles. The molecule has 2 aliphatic rings. The molecule has 0 bridgehead atoms. The van der Waals surface area contributed by atoms with Crippen LogP contribution in [0.3, 0.4) is 0 Å². The van der Waals surface area contributed by atoms with Gasteiger partial charge in [0.25, 0.3) is 5.91 Å². The zero-order valence-corrected chi connectivity index (χ0v) is 14.6. The molecule has 1 aliphatic heterocycles. The van der Waals surface area contributed by atoms with E-state index in [0.29, 0.717) is 13.0 Å². The van der Waals surface area contributed by atoms with Gasteiger partial charge in [-0.05, 0) is 44.1 Å². The highest BCUT2D eigenvalue weighted by Gasteiger charge is 2.35. The molecular weight excluding hydrogens is 339 g/mol. The van der Waals surface area contributed by atoms with Crippen LogP contribution in [0.5, 0.6) is 5.88 Å². The third kappa shape index (κ3) is 4.30. The van der Waals surface area contributed by atoms with Gasteiger partial charge in [-0.3, -0.25) is 9.59 Å². The maximum absolute atomic E-state index is 13.3. The first-order chi connectivity index (χ1) is 12.4. The molecule has 0 aromatic carbocycles. The van der Waals surface area contributed by atoms with Crippen LogP contribution >= 0.6 is 0 Å². The molecule has 26 heavy (non-hydrogen) atoms. The van der Waals surface area contributed by atoms with E-state index in [1.54, 1.807) is 12.1 Å². The molecule has 4 N–H and O–H groups in total. The van der Waals surface area contributed by atoms with Crippen molar-refractivity contribution < 1.29 is 19.1 Å². The van der Waals surface area contributed by atoms with E-state index in [2.05, 4.69) is 10.3 Å². The monoisotopic (exact) mass is 364 g/mol. The fourth-order valence-corrected chi connectivity index (χ4v) is 3.76. The van der Waals surface area contributed by atoms with Crippen molar-refractivity contribution in [1.82, 2.24) is 15.2 Å². The second-order valence-electron chi connectivity index (χ2n) is 7.16. The number of carbonyl (C=O) groups is 2. The van der Waals surface area contributed by atoms with E-state index in [9.17, 15) is 19.1 Å². The maximum atomic E-state index is 13.3. The Bertz CT molecular complexity index is 664. The van der Waals surface area contributed by atoms with Gasteiger partial charge in [-0.2, -0.15) is 0 Å². The lowest BCUT2D eigenvalue weighted by Crippen LogP contribution is -2.49.